The van der Waals surface area contributed by atoms with Gasteiger partial charge in [0.25, 0.3) is 5.69 Å². The number of piperidine rings is 1. The molecule has 1 fully saturated rings. The normalized spacial score (nSPS) is 14.1. The summed E-state index contributed by atoms with van der Waals surface area (Å²) in [6.45, 7) is 4.46. The Morgan fingerprint density at radius 3 is 2.62 bits per heavy atom. The number of likely N-dealkylation sites (tertiary alicyclic amines) is 1. The molecule has 0 saturated carbocycles. The van der Waals surface area contributed by atoms with E-state index < -0.39 is 4.92 Å². The third-order valence-electron chi connectivity index (χ3n) is 5.31. The second-order valence-corrected chi connectivity index (χ2v) is 8.94. The van der Waals surface area contributed by atoms with Crippen LogP contribution in [0.25, 0.3) is 0 Å². The zero-order chi connectivity index (χ0) is 22.6. The van der Waals surface area contributed by atoms with Crippen LogP contribution in [0.5, 0.6) is 5.75 Å². The third kappa shape index (κ3) is 8.51. The number of thioether (sulfide) groups is 1. The van der Waals surface area contributed by atoms with Crippen LogP contribution < -0.4 is 10.1 Å². The molecule has 0 aliphatic carbocycles. The van der Waals surface area contributed by atoms with Crippen LogP contribution in [0.15, 0.2) is 48.5 Å². The molecular weight excluding hydrogens is 426 g/mol. The van der Waals surface area contributed by atoms with Gasteiger partial charge in [0.1, 0.15) is 5.75 Å². The van der Waals surface area contributed by atoms with Gasteiger partial charge in [0.15, 0.2) is 0 Å². The standard InChI is InChI=1S/C24H31N3O4S/c28-24(19-32-18-20-8-10-22(11-9-20)27(29)30)25-12-5-15-31-23-7-4-6-21(16-23)17-26-13-2-1-3-14-26/h4,6-11,16H,1-3,5,12-15,17-19H2,(H,25,28). The Morgan fingerprint density at radius 2 is 1.88 bits per heavy atom. The summed E-state index contributed by atoms with van der Waals surface area (Å²) >= 11 is 1.49. The molecule has 1 heterocycles. The van der Waals surface area contributed by atoms with Crippen molar-refractivity contribution in [3.8, 4) is 5.75 Å². The van der Waals surface area contributed by atoms with Gasteiger partial charge in [-0.25, -0.2) is 0 Å². The van der Waals surface area contributed by atoms with Crippen LogP contribution >= 0.6 is 11.8 Å². The smallest absolute Gasteiger partial charge is 0.269 e. The molecule has 3 rings (SSSR count). The zero-order valence-electron chi connectivity index (χ0n) is 18.3. The van der Waals surface area contributed by atoms with Crippen molar-refractivity contribution in [1.82, 2.24) is 10.2 Å². The molecule has 1 amide bonds. The highest BCUT2D eigenvalue weighted by Gasteiger charge is 2.11. The van der Waals surface area contributed by atoms with Crippen molar-refractivity contribution in [2.24, 2.45) is 0 Å². The Kier molecular flexibility index (Phi) is 9.84. The summed E-state index contributed by atoms with van der Waals surface area (Å²) in [6, 6.07) is 14.7. The van der Waals surface area contributed by atoms with E-state index in [0.717, 1.165) is 24.3 Å². The van der Waals surface area contributed by atoms with Crippen molar-refractivity contribution in [2.75, 3.05) is 32.0 Å². The summed E-state index contributed by atoms with van der Waals surface area (Å²) < 4.78 is 5.86. The first-order chi connectivity index (χ1) is 15.6. The van der Waals surface area contributed by atoms with Crippen LogP contribution in [0.2, 0.25) is 0 Å². The molecule has 0 radical (unpaired) electrons. The van der Waals surface area contributed by atoms with E-state index >= 15 is 0 Å². The van der Waals surface area contributed by atoms with E-state index in [0.29, 0.717) is 24.7 Å². The summed E-state index contributed by atoms with van der Waals surface area (Å²) in [4.78, 5) is 24.7. The van der Waals surface area contributed by atoms with E-state index in [1.165, 1.54) is 61.8 Å². The van der Waals surface area contributed by atoms with E-state index in [-0.39, 0.29) is 11.6 Å². The number of carbonyl (C=O) groups is 1. The van der Waals surface area contributed by atoms with Gasteiger partial charge in [0.05, 0.1) is 17.3 Å². The highest BCUT2D eigenvalue weighted by Crippen LogP contribution is 2.18. The average Bonchev–Trinajstić information content (AvgIpc) is 2.80. The number of nitrogens with one attached hydrogen (secondary N) is 1. The van der Waals surface area contributed by atoms with Gasteiger partial charge in [-0.3, -0.25) is 19.8 Å². The number of hydrogen-bond acceptors (Lipinski definition) is 6. The molecule has 2 aromatic carbocycles. The van der Waals surface area contributed by atoms with Crippen molar-refractivity contribution in [3.63, 3.8) is 0 Å². The van der Waals surface area contributed by atoms with Gasteiger partial charge < -0.3 is 10.1 Å². The minimum Gasteiger partial charge on any atom is -0.494 e. The van der Waals surface area contributed by atoms with Crippen LogP contribution in [0, 0.1) is 10.1 Å². The van der Waals surface area contributed by atoms with Gasteiger partial charge in [-0.1, -0.05) is 30.7 Å². The maximum atomic E-state index is 12.0. The number of rotatable bonds is 12. The molecule has 0 aromatic heterocycles. The lowest BCUT2D eigenvalue weighted by atomic mass is 10.1. The molecule has 1 saturated heterocycles. The van der Waals surface area contributed by atoms with E-state index in [4.69, 9.17) is 4.74 Å². The van der Waals surface area contributed by atoms with Crippen molar-refractivity contribution in [1.29, 1.82) is 0 Å². The Hall–Kier alpha value is -2.58. The van der Waals surface area contributed by atoms with Crippen molar-refractivity contribution in [3.05, 3.63) is 69.8 Å². The van der Waals surface area contributed by atoms with Gasteiger partial charge in [0, 0.05) is 31.0 Å². The molecule has 1 aliphatic heterocycles. The number of nitrogens with zero attached hydrogens (tertiary/aromatic N) is 2. The van der Waals surface area contributed by atoms with Gasteiger partial charge in [0.2, 0.25) is 5.91 Å². The average molecular weight is 458 g/mol. The Bertz CT molecular complexity index is 870. The summed E-state index contributed by atoms with van der Waals surface area (Å²) in [5.41, 5.74) is 2.32. The maximum absolute atomic E-state index is 12.0. The fraction of sp³-hybridized carbons (Fsp3) is 0.458. The number of hydrogen-bond donors (Lipinski definition) is 1. The molecule has 0 bridgehead atoms. The fourth-order valence-corrected chi connectivity index (χ4v) is 4.44. The first-order valence-electron chi connectivity index (χ1n) is 11.1. The maximum Gasteiger partial charge on any atom is 0.269 e. The Morgan fingerprint density at radius 1 is 1.09 bits per heavy atom. The van der Waals surface area contributed by atoms with E-state index in [1.807, 2.05) is 12.1 Å². The zero-order valence-corrected chi connectivity index (χ0v) is 19.1. The molecule has 0 unspecified atom stereocenters. The first-order valence-corrected chi connectivity index (χ1v) is 12.3. The van der Waals surface area contributed by atoms with Crippen LogP contribution in [-0.2, 0) is 17.1 Å². The molecule has 172 valence electrons. The van der Waals surface area contributed by atoms with Crippen molar-refractivity contribution >= 4 is 23.4 Å². The largest absolute Gasteiger partial charge is 0.494 e. The highest BCUT2D eigenvalue weighted by molar-refractivity contribution is 7.99. The fourth-order valence-electron chi connectivity index (χ4n) is 3.63. The van der Waals surface area contributed by atoms with Crippen LogP contribution in [0.1, 0.15) is 36.8 Å². The molecular formula is C24H31N3O4S. The van der Waals surface area contributed by atoms with Crippen molar-refractivity contribution < 1.29 is 14.5 Å². The molecule has 2 aromatic rings. The molecule has 0 spiro atoms. The predicted octanol–water partition coefficient (Wildman–Crippen LogP) is 4.40. The summed E-state index contributed by atoms with van der Waals surface area (Å²) in [6.07, 6.45) is 4.67. The quantitative estimate of drug-likeness (QED) is 0.289. The Labute approximate surface area is 193 Å². The molecule has 7 nitrogen and oxygen atoms in total. The van der Waals surface area contributed by atoms with Gasteiger partial charge in [-0.2, -0.15) is 0 Å². The van der Waals surface area contributed by atoms with E-state index in [9.17, 15) is 14.9 Å². The number of ether oxygens (including phenoxy) is 1. The number of nitro benzene ring substituents is 1. The summed E-state index contributed by atoms with van der Waals surface area (Å²) in [7, 11) is 0. The number of amides is 1. The number of carbonyl (C=O) groups excluding carboxylic acids is 1. The van der Waals surface area contributed by atoms with Gasteiger partial charge in [-0.05, 0) is 55.6 Å². The Balaban J connectivity index is 1.26. The van der Waals surface area contributed by atoms with E-state index in [2.05, 4.69) is 22.3 Å². The molecule has 32 heavy (non-hydrogen) atoms. The van der Waals surface area contributed by atoms with E-state index in [1.54, 1.807) is 12.1 Å². The van der Waals surface area contributed by atoms with Crippen LogP contribution in [0.4, 0.5) is 5.69 Å². The lowest BCUT2D eigenvalue weighted by Gasteiger charge is -2.26. The van der Waals surface area contributed by atoms with Gasteiger partial charge >= 0.3 is 0 Å². The minimum atomic E-state index is -0.416. The van der Waals surface area contributed by atoms with Crippen molar-refractivity contribution in [2.45, 2.75) is 38.0 Å². The molecule has 8 heteroatoms. The second kappa shape index (κ2) is 13.1. The number of benzene rings is 2. The number of nitro groups is 1. The summed E-state index contributed by atoms with van der Waals surface area (Å²) in [5.74, 6) is 1.86. The first kappa shape index (κ1) is 24.1. The highest BCUT2D eigenvalue weighted by atomic mass is 32.2. The minimum absolute atomic E-state index is 0.0135. The third-order valence-corrected chi connectivity index (χ3v) is 6.32. The monoisotopic (exact) mass is 457 g/mol. The topological polar surface area (TPSA) is 84.7 Å². The SMILES string of the molecule is O=C(CSCc1ccc([N+](=O)[O-])cc1)NCCCOc1cccc(CN2CCCCC2)c1. The lowest BCUT2D eigenvalue weighted by molar-refractivity contribution is -0.384. The molecule has 1 aliphatic rings. The second-order valence-electron chi connectivity index (χ2n) is 7.95. The van der Waals surface area contributed by atoms with Gasteiger partial charge in [-0.15, -0.1) is 11.8 Å². The summed E-state index contributed by atoms with van der Waals surface area (Å²) in [5, 5.41) is 13.6. The van der Waals surface area contributed by atoms with Crippen LogP contribution in [0.3, 0.4) is 0 Å². The predicted molar refractivity (Wildman–Crippen MR) is 128 cm³/mol. The molecule has 0 atom stereocenters. The lowest BCUT2D eigenvalue weighted by Crippen LogP contribution is -2.29. The van der Waals surface area contributed by atoms with Crippen LogP contribution in [-0.4, -0.2) is 47.7 Å². The molecule has 1 N–H and O–H groups in total. The number of non-ortho nitro benzene ring substituents is 1.